The van der Waals surface area contributed by atoms with Gasteiger partial charge < -0.3 is 15.7 Å². The Bertz CT molecular complexity index is 887. The first kappa shape index (κ1) is 20.0. The number of nitrogens with two attached hydrogens (primary N) is 1. The number of nitrogens with zero attached hydrogens (tertiary/aromatic N) is 2. The number of carboxylic acids is 1. The van der Waals surface area contributed by atoms with E-state index in [1.807, 2.05) is 16.7 Å². The number of likely N-dealkylation sites (tertiary alicyclic amines) is 1. The van der Waals surface area contributed by atoms with Gasteiger partial charge in [0.2, 0.25) is 5.91 Å². The highest BCUT2D eigenvalue weighted by molar-refractivity contribution is 8.00. The zero-order valence-electron chi connectivity index (χ0n) is 16.6. The second-order valence-electron chi connectivity index (χ2n) is 8.17. The normalized spacial score (nSPS) is 27.1. The van der Waals surface area contributed by atoms with Crippen LogP contribution in [-0.2, 0) is 9.59 Å². The lowest BCUT2D eigenvalue weighted by molar-refractivity contribution is -0.133. The largest absolute Gasteiger partial charge is 0.477 e. The Morgan fingerprint density at radius 3 is 2.69 bits per heavy atom. The van der Waals surface area contributed by atoms with Crippen molar-refractivity contribution in [2.24, 2.45) is 22.6 Å². The molecule has 7 heteroatoms. The average Bonchev–Trinajstić information content (AvgIpc) is 3.38. The van der Waals surface area contributed by atoms with Gasteiger partial charge in [0.05, 0.1) is 0 Å². The van der Waals surface area contributed by atoms with E-state index in [1.54, 1.807) is 0 Å². The minimum absolute atomic E-state index is 0.0191. The molecular formula is C22H27N3O3S. The minimum atomic E-state index is -1.10. The van der Waals surface area contributed by atoms with Crippen molar-refractivity contribution in [3.63, 3.8) is 0 Å². The highest BCUT2D eigenvalue weighted by atomic mass is 32.2. The van der Waals surface area contributed by atoms with Crippen LogP contribution in [0.25, 0.3) is 0 Å². The van der Waals surface area contributed by atoms with Crippen molar-refractivity contribution >= 4 is 29.4 Å². The molecule has 29 heavy (non-hydrogen) atoms. The standard InChI is InChI=1S/C22H27N3O3S/c1-13-4-2-3-5-18(13)29-15-6-8-25(9-7-15)19(26)12-24-17-11-14-10-16(14)20(17)21(23)22(27)28/h2-5,14-16H,6-12,23H2,1H3,(H,27,28)/b21-20-,24-17?/t14-,16?/m1/s1. The summed E-state index contributed by atoms with van der Waals surface area (Å²) in [4.78, 5) is 31.6. The van der Waals surface area contributed by atoms with Crippen LogP contribution >= 0.6 is 11.8 Å². The molecule has 3 N–H and O–H groups in total. The summed E-state index contributed by atoms with van der Waals surface area (Å²) < 4.78 is 0. The van der Waals surface area contributed by atoms with Crippen LogP contribution in [-0.4, -0.2) is 52.5 Å². The van der Waals surface area contributed by atoms with Crippen molar-refractivity contribution < 1.29 is 14.7 Å². The van der Waals surface area contributed by atoms with Gasteiger partial charge in [0.15, 0.2) is 0 Å². The molecule has 0 bridgehead atoms. The average molecular weight is 414 g/mol. The maximum Gasteiger partial charge on any atom is 0.352 e. The summed E-state index contributed by atoms with van der Waals surface area (Å²) in [5.41, 5.74) is 8.36. The number of carbonyl (C=O) groups excluding carboxylic acids is 1. The van der Waals surface area contributed by atoms with Crippen LogP contribution < -0.4 is 5.73 Å². The SMILES string of the molecule is Cc1ccccc1SC1CCN(C(=O)CN=C2C[C@H]3CC3/C2=C(/N)C(=O)O)CC1. The number of aliphatic carboxylic acids is 1. The van der Waals surface area contributed by atoms with Gasteiger partial charge in [0.1, 0.15) is 12.2 Å². The first-order valence-electron chi connectivity index (χ1n) is 10.2. The lowest BCUT2D eigenvalue weighted by Crippen LogP contribution is -2.40. The van der Waals surface area contributed by atoms with Crippen molar-refractivity contribution in [2.45, 2.75) is 42.8 Å². The van der Waals surface area contributed by atoms with Crippen molar-refractivity contribution in [1.29, 1.82) is 0 Å². The van der Waals surface area contributed by atoms with Crippen LogP contribution in [0, 0.1) is 18.8 Å². The van der Waals surface area contributed by atoms with E-state index < -0.39 is 5.97 Å². The van der Waals surface area contributed by atoms with E-state index in [9.17, 15) is 14.7 Å². The number of fused-ring (bicyclic) bond motifs is 1. The molecule has 2 atom stereocenters. The monoisotopic (exact) mass is 413 g/mol. The number of carboxylic acid groups (broad SMARTS) is 1. The van der Waals surface area contributed by atoms with Crippen molar-refractivity contribution in [3.8, 4) is 0 Å². The van der Waals surface area contributed by atoms with Crippen LogP contribution in [0.1, 0.15) is 31.2 Å². The Balaban J connectivity index is 1.31. The number of allylic oxidation sites excluding steroid dienone is 1. The summed E-state index contributed by atoms with van der Waals surface area (Å²) in [6.45, 7) is 3.71. The number of aryl methyl sites for hydroxylation is 1. The number of amides is 1. The van der Waals surface area contributed by atoms with Gasteiger partial charge >= 0.3 is 5.97 Å². The van der Waals surface area contributed by atoms with E-state index in [0.29, 0.717) is 16.7 Å². The van der Waals surface area contributed by atoms with Crippen LogP contribution in [0.4, 0.5) is 0 Å². The topological polar surface area (TPSA) is 96.0 Å². The zero-order valence-corrected chi connectivity index (χ0v) is 17.5. The van der Waals surface area contributed by atoms with E-state index in [2.05, 4.69) is 36.2 Å². The molecule has 1 aliphatic heterocycles. The third-order valence-electron chi connectivity index (χ3n) is 6.17. The molecule has 1 heterocycles. The van der Waals surface area contributed by atoms with Crippen LogP contribution in [0.2, 0.25) is 0 Å². The highest BCUT2D eigenvalue weighted by Crippen LogP contribution is 2.54. The summed E-state index contributed by atoms with van der Waals surface area (Å²) in [5, 5.41) is 9.74. The van der Waals surface area contributed by atoms with Gasteiger partial charge in [-0.05, 0) is 56.1 Å². The summed E-state index contributed by atoms with van der Waals surface area (Å²) in [7, 11) is 0. The first-order chi connectivity index (χ1) is 13.9. The molecule has 1 aromatic carbocycles. The van der Waals surface area contributed by atoms with Crippen LogP contribution in [0.5, 0.6) is 0 Å². The zero-order chi connectivity index (χ0) is 20.5. The molecule has 0 radical (unpaired) electrons. The lowest BCUT2D eigenvalue weighted by atomic mass is 10.1. The van der Waals surface area contributed by atoms with E-state index in [0.717, 1.165) is 44.5 Å². The predicted molar refractivity (Wildman–Crippen MR) is 114 cm³/mol. The molecule has 3 fully saturated rings. The molecule has 6 nitrogen and oxygen atoms in total. The number of hydrogen-bond donors (Lipinski definition) is 2. The fourth-order valence-corrected chi connectivity index (χ4v) is 5.59. The summed E-state index contributed by atoms with van der Waals surface area (Å²) in [5.74, 6) is -0.384. The summed E-state index contributed by atoms with van der Waals surface area (Å²) >= 11 is 1.91. The third-order valence-corrected chi connectivity index (χ3v) is 7.68. The molecule has 2 saturated carbocycles. The predicted octanol–water partition coefficient (Wildman–Crippen LogP) is 2.86. The molecule has 1 amide bonds. The van der Waals surface area contributed by atoms with E-state index >= 15 is 0 Å². The van der Waals surface area contributed by atoms with Gasteiger partial charge in [-0.25, -0.2) is 4.79 Å². The van der Waals surface area contributed by atoms with E-state index in [1.165, 1.54) is 10.5 Å². The Hall–Kier alpha value is -2.28. The molecular weight excluding hydrogens is 386 g/mol. The Morgan fingerprint density at radius 2 is 2.00 bits per heavy atom. The molecule has 0 spiro atoms. The van der Waals surface area contributed by atoms with Gasteiger partial charge in [0.25, 0.3) is 0 Å². The number of thioether (sulfide) groups is 1. The number of piperidine rings is 1. The minimum Gasteiger partial charge on any atom is -0.477 e. The Kier molecular flexibility index (Phi) is 5.67. The van der Waals surface area contributed by atoms with Crippen LogP contribution in [0.3, 0.4) is 0 Å². The smallest absolute Gasteiger partial charge is 0.352 e. The second-order valence-corrected chi connectivity index (χ2v) is 9.51. The maximum absolute atomic E-state index is 12.6. The number of benzene rings is 1. The lowest BCUT2D eigenvalue weighted by Gasteiger charge is -2.31. The number of rotatable bonds is 5. The van der Waals surface area contributed by atoms with Gasteiger partial charge in [-0.2, -0.15) is 0 Å². The van der Waals surface area contributed by atoms with Crippen LogP contribution in [0.15, 0.2) is 45.4 Å². The number of hydrogen-bond acceptors (Lipinski definition) is 5. The fraction of sp³-hybridized carbons (Fsp3) is 0.500. The quantitative estimate of drug-likeness (QED) is 0.724. The molecule has 1 saturated heterocycles. The fourth-order valence-electron chi connectivity index (χ4n) is 4.37. The van der Waals surface area contributed by atoms with Gasteiger partial charge in [-0.1, -0.05) is 18.2 Å². The highest BCUT2D eigenvalue weighted by Gasteiger charge is 2.50. The Morgan fingerprint density at radius 1 is 1.28 bits per heavy atom. The summed E-state index contributed by atoms with van der Waals surface area (Å²) in [6, 6.07) is 8.42. The molecule has 1 aromatic rings. The van der Waals surface area contributed by atoms with Gasteiger partial charge in [-0.15, -0.1) is 11.8 Å². The first-order valence-corrected chi connectivity index (χ1v) is 11.1. The Labute approximate surface area is 175 Å². The number of carbonyl (C=O) groups is 2. The van der Waals surface area contributed by atoms with Crippen molar-refractivity contribution in [1.82, 2.24) is 4.90 Å². The van der Waals surface area contributed by atoms with Crippen molar-refractivity contribution in [3.05, 3.63) is 41.1 Å². The van der Waals surface area contributed by atoms with E-state index in [-0.39, 0.29) is 24.1 Å². The third kappa shape index (κ3) is 4.34. The molecule has 4 rings (SSSR count). The molecule has 2 aliphatic carbocycles. The molecule has 1 unspecified atom stereocenters. The molecule has 3 aliphatic rings. The number of aliphatic imine (C=N–C) groups is 1. The van der Waals surface area contributed by atoms with Crippen molar-refractivity contribution in [2.75, 3.05) is 19.6 Å². The second kappa shape index (κ2) is 8.22. The van der Waals surface area contributed by atoms with Gasteiger partial charge in [-0.3, -0.25) is 9.79 Å². The maximum atomic E-state index is 12.6. The molecule has 154 valence electrons. The van der Waals surface area contributed by atoms with E-state index in [4.69, 9.17) is 5.73 Å². The molecule has 0 aromatic heterocycles. The summed E-state index contributed by atoms with van der Waals surface area (Å²) in [6.07, 6.45) is 3.68. The van der Waals surface area contributed by atoms with Gasteiger partial charge in [0, 0.05) is 34.5 Å².